The van der Waals surface area contributed by atoms with Crippen molar-refractivity contribution in [2.75, 3.05) is 31.2 Å². The fraction of sp³-hybridized carbons (Fsp3) is 0.368. The Hall–Kier alpha value is -3.27. The summed E-state index contributed by atoms with van der Waals surface area (Å²) in [5.41, 5.74) is 1.41. The van der Waals surface area contributed by atoms with Crippen LogP contribution in [0.2, 0.25) is 0 Å². The van der Waals surface area contributed by atoms with E-state index in [2.05, 4.69) is 20.4 Å². The first-order valence-electron chi connectivity index (χ1n) is 9.39. The summed E-state index contributed by atoms with van der Waals surface area (Å²) < 4.78 is 27.3. The van der Waals surface area contributed by atoms with Gasteiger partial charge in [0, 0.05) is 18.3 Å². The van der Waals surface area contributed by atoms with Crippen LogP contribution in [-0.2, 0) is 4.74 Å². The van der Waals surface area contributed by atoms with Gasteiger partial charge in [-0.15, -0.1) is 0 Å². The fourth-order valence-corrected chi connectivity index (χ4v) is 3.66. The minimum Gasteiger partial charge on any atom is -0.473 e. The van der Waals surface area contributed by atoms with E-state index < -0.39 is 5.82 Å². The van der Waals surface area contributed by atoms with Crippen LogP contribution >= 0.6 is 0 Å². The second-order valence-electron chi connectivity index (χ2n) is 7.08. The molecule has 1 amide bonds. The molecule has 1 N–H and O–H groups in total. The van der Waals surface area contributed by atoms with E-state index in [-0.39, 0.29) is 24.6 Å². The highest BCUT2D eigenvalue weighted by molar-refractivity contribution is 5.99. The van der Waals surface area contributed by atoms with Crippen molar-refractivity contribution in [1.29, 1.82) is 0 Å². The molecule has 3 aromatic rings. The van der Waals surface area contributed by atoms with E-state index in [0.717, 1.165) is 6.20 Å². The smallest absolute Gasteiger partial charge is 0.256 e. The van der Waals surface area contributed by atoms with Crippen molar-refractivity contribution in [2.45, 2.75) is 19.1 Å². The minimum absolute atomic E-state index is 0.249. The number of ether oxygens (including phenoxy) is 2. The number of rotatable bonds is 0. The molecule has 2 aliphatic heterocycles. The average Bonchev–Trinajstić information content (AvgIpc) is 3.16. The molecule has 0 aromatic carbocycles. The Morgan fingerprint density at radius 2 is 2.24 bits per heavy atom. The standard InChI is InChI=1S/C19H19FN6O3/c1-11-7-21-18(27)14-9-23-26-3-2-16(24-17(14)26)25-4-5-28-10-15(25)13-6-12(20)8-22-19(13)29-11/h2-3,6,8-9,11,15H,4-5,7,10H2,1H3,(H,21,27)/t11-,15+/m0/s1. The highest BCUT2D eigenvalue weighted by Gasteiger charge is 2.31. The molecule has 0 aliphatic carbocycles. The Morgan fingerprint density at radius 1 is 1.34 bits per heavy atom. The highest BCUT2D eigenvalue weighted by atomic mass is 19.1. The molecule has 0 spiro atoms. The number of aromatic nitrogens is 4. The van der Waals surface area contributed by atoms with Gasteiger partial charge in [0.05, 0.1) is 38.2 Å². The normalized spacial score (nSPS) is 22.0. The van der Waals surface area contributed by atoms with Gasteiger partial charge in [-0.25, -0.2) is 18.9 Å². The molecule has 150 valence electrons. The second kappa shape index (κ2) is 6.96. The molecule has 5 heterocycles. The van der Waals surface area contributed by atoms with Crippen molar-refractivity contribution in [1.82, 2.24) is 24.9 Å². The first-order chi connectivity index (χ1) is 14.1. The molecule has 29 heavy (non-hydrogen) atoms. The van der Waals surface area contributed by atoms with Gasteiger partial charge in [0.2, 0.25) is 5.88 Å². The maximum absolute atomic E-state index is 14.1. The van der Waals surface area contributed by atoms with Gasteiger partial charge >= 0.3 is 0 Å². The molecule has 0 radical (unpaired) electrons. The number of anilines is 1. The number of pyridine rings is 1. The van der Waals surface area contributed by atoms with Crippen LogP contribution in [0.15, 0.2) is 30.7 Å². The van der Waals surface area contributed by atoms with E-state index in [4.69, 9.17) is 9.47 Å². The summed E-state index contributed by atoms with van der Waals surface area (Å²) in [5.74, 6) is 0.217. The number of hydrogen-bond acceptors (Lipinski definition) is 7. The van der Waals surface area contributed by atoms with Crippen molar-refractivity contribution in [2.24, 2.45) is 0 Å². The molecule has 3 aromatic heterocycles. The van der Waals surface area contributed by atoms with Gasteiger partial charge in [0.25, 0.3) is 5.91 Å². The lowest BCUT2D eigenvalue weighted by atomic mass is 10.1. The van der Waals surface area contributed by atoms with Crippen molar-refractivity contribution >= 4 is 17.4 Å². The monoisotopic (exact) mass is 398 g/mol. The van der Waals surface area contributed by atoms with E-state index in [9.17, 15) is 9.18 Å². The van der Waals surface area contributed by atoms with Crippen molar-refractivity contribution in [3.8, 4) is 5.88 Å². The van der Waals surface area contributed by atoms with Gasteiger partial charge < -0.3 is 19.7 Å². The minimum atomic E-state index is -0.454. The molecule has 1 saturated heterocycles. The predicted octanol–water partition coefficient (Wildman–Crippen LogP) is 1.35. The van der Waals surface area contributed by atoms with Crippen LogP contribution in [0.1, 0.15) is 28.9 Å². The van der Waals surface area contributed by atoms with E-state index in [1.54, 1.807) is 10.7 Å². The number of nitrogens with one attached hydrogen (secondary N) is 1. The molecule has 1 fully saturated rings. The van der Waals surface area contributed by atoms with Crippen molar-refractivity contribution in [3.05, 3.63) is 47.7 Å². The Labute approximate surface area is 165 Å². The van der Waals surface area contributed by atoms with Gasteiger partial charge in [0.1, 0.15) is 23.3 Å². The molecule has 10 heteroatoms. The van der Waals surface area contributed by atoms with Gasteiger partial charge in [-0.1, -0.05) is 0 Å². The average molecular weight is 398 g/mol. The van der Waals surface area contributed by atoms with Crippen LogP contribution in [0.4, 0.5) is 10.2 Å². The first-order valence-corrected chi connectivity index (χ1v) is 9.39. The summed E-state index contributed by atoms with van der Waals surface area (Å²) in [7, 11) is 0. The van der Waals surface area contributed by atoms with E-state index >= 15 is 0 Å². The summed E-state index contributed by atoms with van der Waals surface area (Å²) in [6, 6.07) is 2.90. The third kappa shape index (κ3) is 3.15. The molecule has 9 nitrogen and oxygen atoms in total. The fourth-order valence-electron chi connectivity index (χ4n) is 3.66. The number of fused-ring (bicyclic) bond motifs is 5. The first kappa shape index (κ1) is 17.8. The van der Waals surface area contributed by atoms with Crippen LogP contribution in [0, 0.1) is 5.82 Å². The molecular formula is C19H19FN6O3. The quantitative estimate of drug-likeness (QED) is 0.611. The van der Waals surface area contributed by atoms with Crippen molar-refractivity contribution < 1.29 is 18.7 Å². The SMILES string of the molecule is C[C@H]1CNC(=O)c2cnn3ccc(nc23)N2CCOC[C@@H]2c2cc(F)cnc2O1. The number of halogens is 1. The summed E-state index contributed by atoms with van der Waals surface area (Å²) >= 11 is 0. The van der Waals surface area contributed by atoms with Gasteiger partial charge in [-0.3, -0.25) is 4.79 Å². The van der Waals surface area contributed by atoms with Crippen LogP contribution in [0.5, 0.6) is 5.88 Å². The Morgan fingerprint density at radius 3 is 3.14 bits per heavy atom. The lowest BCUT2D eigenvalue weighted by Crippen LogP contribution is -2.40. The summed E-state index contributed by atoms with van der Waals surface area (Å²) in [5, 5.41) is 7.05. The number of morpholine rings is 1. The maximum Gasteiger partial charge on any atom is 0.256 e. The number of carbonyl (C=O) groups is 1. The third-order valence-corrected chi connectivity index (χ3v) is 5.09. The largest absolute Gasteiger partial charge is 0.473 e. The molecular weight excluding hydrogens is 379 g/mol. The molecule has 5 rings (SSSR count). The second-order valence-corrected chi connectivity index (χ2v) is 7.08. The zero-order valence-corrected chi connectivity index (χ0v) is 15.7. The topological polar surface area (TPSA) is 93.9 Å². The summed E-state index contributed by atoms with van der Waals surface area (Å²) in [6.07, 6.45) is 4.00. The molecule has 2 atom stereocenters. The number of hydrogen-bond donors (Lipinski definition) is 1. The van der Waals surface area contributed by atoms with Crippen LogP contribution in [0.25, 0.3) is 5.65 Å². The predicted molar refractivity (Wildman–Crippen MR) is 101 cm³/mol. The van der Waals surface area contributed by atoms with E-state index in [1.807, 2.05) is 17.9 Å². The summed E-state index contributed by atoms with van der Waals surface area (Å²) in [6.45, 7) is 3.46. The Bertz CT molecular complexity index is 1090. The number of nitrogens with zero attached hydrogens (tertiary/aromatic N) is 5. The lowest BCUT2D eigenvalue weighted by Gasteiger charge is -2.37. The highest BCUT2D eigenvalue weighted by Crippen LogP contribution is 2.34. The molecule has 0 saturated carbocycles. The molecule has 0 unspecified atom stereocenters. The molecule has 2 aliphatic rings. The zero-order valence-electron chi connectivity index (χ0n) is 15.7. The van der Waals surface area contributed by atoms with Gasteiger partial charge in [0.15, 0.2) is 5.65 Å². The maximum atomic E-state index is 14.1. The van der Waals surface area contributed by atoms with E-state index in [1.165, 1.54) is 12.3 Å². The van der Waals surface area contributed by atoms with Gasteiger partial charge in [-0.05, 0) is 19.1 Å². The van der Waals surface area contributed by atoms with Crippen molar-refractivity contribution in [3.63, 3.8) is 0 Å². The van der Waals surface area contributed by atoms with Gasteiger partial charge in [-0.2, -0.15) is 5.10 Å². The molecule has 2 bridgehead atoms. The Kier molecular flexibility index (Phi) is 4.27. The van der Waals surface area contributed by atoms with Crippen LogP contribution in [-0.4, -0.2) is 57.9 Å². The van der Waals surface area contributed by atoms with Crippen LogP contribution < -0.4 is 15.0 Å². The zero-order chi connectivity index (χ0) is 20.0. The summed E-state index contributed by atoms with van der Waals surface area (Å²) in [4.78, 5) is 23.5. The number of carbonyl (C=O) groups excluding carboxylic acids is 1. The third-order valence-electron chi connectivity index (χ3n) is 5.09. The number of amides is 1. The lowest BCUT2D eigenvalue weighted by molar-refractivity contribution is 0.0903. The Balaban J connectivity index is 1.69. The van der Waals surface area contributed by atoms with E-state index in [0.29, 0.717) is 48.2 Å². The van der Waals surface area contributed by atoms with Crippen LogP contribution in [0.3, 0.4) is 0 Å².